The molecule has 15 heavy (non-hydrogen) atoms. The van der Waals surface area contributed by atoms with E-state index in [1.807, 2.05) is 20.8 Å². The zero-order valence-corrected chi connectivity index (χ0v) is 10.1. The van der Waals surface area contributed by atoms with Crippen molar-refractivity contribution in [2.75, 3.05) is 13.1 Å². The molecule has 0 unspecified atom stereocenters. The molecule has 0 atom stereocenters. The van der Waals surface area contributed by atoms with Gasteiger partial charge in [-0.25, -0.2) is 8.78 Å². The third-order valence-corrected chi connectivity index (χ3v) is 1.53. The summed E-state index contributed by atoms with van der Waals surface area (Å²) in [5, 5.41) is 2.16. The summed E-state index contributed by atoms with van der Waals surface area (Å²) in [4.78, 5) is 11.1. The first-order chi connectivity index (χ1) is 6.16. The summed E-state index contributed by atoms with van der Waals surface area (Å²) >= 11 is 0. The molecule has 0 saturated heterocycles. The molecule has 0 radical (unpaired) electrons. The predicted molar refractivity (Wildman–Crippen MR) is 58.3 cm³/mol. The van der Waals surface area contributed by atoms with Crippen molar-refractivity contribution in [3.8, 4) is 0 Å². The van der Waals surface area contributed by atoms with Crippen LogP contribution in [0.1, 0.15) is 27.2 Å². The average molecular weight is 245 g/mol. The van der Waals surface area contributed by atoms with Crippen LogP contribution in [0.3, 0.4) is 0 Å². The van der Waals surface area contributed by atoms with E-state index in [9.17, 15) is 13.6 Å². The maximum Gasteiger partial charge on any atom is 0.277 e. The Labute approximate surface area is 95.2 Å². The standard InChI is InChI=1S/C9H18F2N2O.ClH/c1-8(2,3)4-7(14)13-6-9(10,11)5-12;/h4-6,12H2,1-3H3,(H,13,14);1H. The highest BCUT2D eigenvalue weighted by atomic mass is 35.5. The Hall–Kier alpha value is -0.420. The van der Waals surface area contributed by atoms with Crippen molar-refractivity contribution in [3.05, 3.63) is 0 Å². The van der Waals surface area contributed by atoms with Crippen LogP contribution in [-0.2, 0) is 4.79 Å². The van der Waals surface area contributed by atoms with Crippen LogP contribution in [-0.4, -0.2) is 24.9 Å². The first-order valence-electron chi connectivity index (χ1n) is 4.51. The minimum atomic E-state index is -3.01. The highest BCUT2D eigenvalue weighted by molar-refractivity contribution is 5.85. The molecule has 6 heteroatoms. The number of amides is 1. The third kappa shape index (κ3) is 9.87. The highest BCUT2D eigenvalue weighted by Crippen LogP contribution is 2.18. The molecule has 0 aromatic carbocycles. The number of carbonyl (C=O) groups excluding carboxylic acids is 1. The molecular weight excluding hydrogens is 226 g/mol. The van der Waals surface area contributed by atoms with Crippen molar-refractivity contribution in [2.45, 2.75) is 33.1 Å². The van der Waals surface area contributed by atoms with Crippen LogP contribution in [0, 0.1) is 5.41 Å². The van der Waals surface area contributed by atoms with Crippen LogP contribution in [0.15, 0.2) is 0 Å². The van der Waals surface area contributed by atoms with E-state index < -0.39 is 19.0 Å². The van der Waals surface area contributed by atoms with Crippen LogP contribution in [0.25, 0.3) is 0 Å². The van der Waals surface area contributed by atoms with Gasteiger partial charge in [0.15, 0.2) is 0 Å². The van der Waals surface area contributed by atoms with Crippen molar-refractivity contribution in [1.82, 2.24) is 5.32 Å². The number of nitrogens with two attached hydrogens (primary N) is 1. The van der Waals surface area contributed by atoms with E-state index in [1.54, 1.807) is 0 Å². The molecule has 3 N–H and O–H groups in total. The molecule has 1 amide bonds. The van der Waals surface area contributed by atoms with Crippen molar-refractivity contribution in [2.24, 2.45) is 11.1 Å². The Morgan fingerprint density at radius 2 is 1.80 bits per heavy atom. The molecule has 92 valence electrons. The van der Waals surface area contributed by atoms with Crippen LogP contribution in [0.2, 0.25) is 0 Å². The minimum Gasteiger partial charge on any atom is -0.350 e. The average Bonchev–Trinajstić information content (AvgIpc) is 1.98. The van der Waals surface area contributed by atoms with Gasteiger partial charge in [-0.05, 0) is 5.41 Å². The Kier molecular flexibility index (Phi) is 7.05. The SMILES string of the molecule is CC(C)(C)CC(=O)NCC(F)(F)CN.Cl. The first-order valence-corrected chi connectivity index (χ1v) is 4.51. The molecule has 0 aromatic rings. The van der Waals surface area contributed by atoms with Gasteiger partial charge in [0.2, 0.25) is 5.91 Å². The summed E-state index contributed by atoms with van der Waals surface area (Å²) in [5.41, 5.74) is 4.63. The molecule has 0 saturated carbocycles. The fourth-order valence-corrected chi connectivity index (χ4v) is 0.844. The largest absolute Gasteiger partial charge is 0.350 e. The molecule has 0 heterocycles. The van der Waals surface area contributed by atoms with Crippen LogP contribution < -0.4 is 11.1 Å². The smallest absolute Gasteiger partial charge is 0.277 e. The Morgan fingerprint density at radius 3 is 2.13 bits per heavy atom. The molecule has 0 rings (SSSR count). The lowest BCUT2D eigenvalue weighted by molar-refractivity contribution is -0.124. The van der Waals surface area contributed by atoms with Gasteiger partial charge in [-0.3, -0.25) is 4.79 Å². The number of nitrogens with one attached hydrogen (secondary N) is 1. The number of halogens is 3. The summed E-state index contributed by atoms with van der Waals surface area (Å²) in [6.07, 6.45) is 0.230. The lowest BCUT2D eigenvalue weighted by Gasteiger charge is -2.19. The van der Waals surface area contributed by atoms with E-state index in [-0.39, 0.29) is 30.2 Å². The van der Waals surface area contributed by atoms with Crippen molar-refractivity contribution >= 4 is 18.3 Å². The van der Waals surface area contributed by atoms with Gasteiger partial charge in [0, 0.05) is 6.42 Å². The fraction of sp³-hybridized carbons (Fsp3) is 0.889. The topological polar surface area (TPSA) is 55.1 Å². The number of rotatable bonds is 4. The van der Waals surface area contributed by atoms with Gasteiger partial charge in [-0.1, -0.05) is 20.8 Å². The monoisotopic (exact) mass is 244 g/mol. The van der Waals surface area contributed by atoms with Crippen LogP contribution in [0.5, 0.6) is 0 Å². The van der Waals surface area contributed by atoms with E-state index >= 15 is 0 Å². The second-order valence-electron chi connectivity index (χ2n) is 4.57. The van der Waals surface area contributed by atoms with Gasteiger partial charge in [0.1, 0.15) is 0 Å². The second kappa shape index (κ2) is 6.23. The molecule has 0 aliphatic rings. The van der Waals surface area contributed by atoms with Crippen molar-refractivity contribution < 1.29 is 13.6 Å². The summed E-state index contributed by atoms with van der Waals surface area (Å²) in [5.74, 6) is -3.38. The number of hydrogen-bond donors (Lipinski definition) is 2. The van der Waals surface area contributed by atoms with Gasteiger partial charge < -0.3 is 11.1 Å². The van der Waals surface area contributed by atoms with Gasteiger partial charge in [-0.15, -0.1) is 12.4 Å². The minimum absolute atomic E-state index is 0. The van der Waals surface area contributed by atoms with Gasteiger partial charge in [0.05, 0.1) is 13.1 Å². The Morgan fingerprint density at radius 1 is 1.33 bits per heavy atom. The van der Waals surface area contributed by atoms with E-state index in [1.165, 1.54) is 0 Å². The van der Waals surface area contributed by atoms with E-state index in [4.69, 9.17) is 5.73 Å². The first kappa shape index (κ1) is 17.0. The molecule has 0 aromatic heterocycles. The van der Waals surface area contributed by atoms with Crippen molar-refractivity contribution in [1.29, 1.82) is 0 Å². The molecular formula is C9H19ClF2N2O. The molecule has 0 fully saturated rings. The summed E-state index contributed by atoms with van der Waals surface area (Å²) in [6.45, 7) is 4.18. The number of carbonyl (C=O) groups is 1. The normalized spacial score (nSPS) is 11.9. The predicted octanol–water partition coefficient (Wildman–Crippen LogP) is 1.55. The molecule has 0 aliphatic heterocycles. The zero-order chi connectivity index (χ0) is 11.4. The quantitative estimate of drug-likeness (QED) is 0.789. The van der Waals surface area contributed by atoms with Gasteiger partial charge in [0.25, 0.3) is 5.92 Å². The van der Waals surface area contributed by atoms with Crippen molar-refractivity contribution in [3.63, 3.8) is 0 Å². The van der Waals surface area contributed by atoms with Gasteiger partial charge >= 0.3 is 0 Å². The Balaban J connectivity index is 0. The third-order valence-electron chi connectivity index (χ3n) is 1.53. The molecule has 0 spiro atoms. The number of alkyl halides is 2. The zero-order valence-electron chi connectivity index (χ0n) is 9.27. The van der Waals surface area contributed by atoms with E-state index in [0.717, 1.165) is 0 Å². The lowest BCUT2D eigenvalue weighted by atomic mass is 9.92. The Bertz CT molecular complexity index is 205. The summed E-state index contributed by atoms with van der Waals surface area (Å²) < 4.78 is 25.2. The lowest BCUT2D eigenvalue weighted by Crippen LogP contribution is -2.42. The fourth-order valence-electron chi connectivity index (χ4n) is 0.844. The second-order valence-corrected chi connectivity index (χ2v) is 4.57. The van der Waals surface area contributed by atoms with E-state index in [2.05, 4.69) is 5.32 Å². The molecule has 0 bridgehead atoms. The maximum absolute atomic E-state index is 12.6. The van der Waals surface area contributed by atoms with E-state index in [0.29, 0.717) is 0 Å². The number of hydrogen-bond acceptors (Lipinski definition) is 2. The van der Waals surface area contributed by atoms with Gasteiger partial charge in [-0.2, -0.15) is 0 Å². The highest BCUT2D eigenvalue weighted by Gasteiger charge is 2.27. The summed E-state index contributed by atoms with van der Waals surface area (Å²) in [6, 6.07) is 0. The maximum atomic E-state index is 12.6. The van der Waals surface area contributed by atoms with Crippen LogP contribution >= 0.6 is 12.4 Å². The van der Waals surface area contributed by atoms with Crippen LogP contribution in [0.4, 0.5) is 8.78 Å². The summed E-state index contributed by atoms with van der Waals surface area (Å²) in [7, 11) is 0. The molecule has 3 nitrogen and oxygen atoms in total. The molecule has 0 aliphatic carbocycles.